The van der Waals surface area contributed by atoms with Gasteiger partial charge < -0.3 is 10.2 Å². The molecule has 4 rings (SSSR count). The first kappa shape index (κ1) is 16.1. The number of carbonyl (C=O) groups excluding carboxylic acids is 1. The molecule has 1 saturated carbocycles. The topological polar surface area (TPSA) is 75.9 Å². The van der Waals surface area contributed by atoms with E-state index in [0.717, 1.165) is 36.7 Å². The van der Waals surface area contributed by atoms with E-state index >= 15 is 0 Å². The molecule has 25 heavy (non-hydrogen) atoms. The molecule has 2 aliphatic rings. The zero-order valence-corrected chi connectivity index (χ0v) is 14.4. The lowest BCUT2D eigenvalue weighted by Crippen LogP contribution is -2.38. The Labute approximate surface area is 147 Å². The molecule has 0 bridgehead atoms. The summed E-state index contributed by atoms with van der Waals surface area (Å²) in [6.07, 6.45) is 10.7. The van der Waals surface area contributed by atoms with E-state index in [0.29, 0.717) is 24.9 Å². The fourth-order valence-corrected chi connectivity index (χ4v) is 3.79. The van der Waals surface area contributed by atoms with Crippen molar-refractivity contribution in [1.29, 1.82) is 0 Å². The molecule has 3 heterocycles. The second kappa shape index (κ2) is 7.21. The Kier molecular flexibility index (Phi) is 4.63. The first-order chi connectivity index (χ1) is 12.3. The van der Waals surface area contributed by atoms with Crippen LogP contribution < -0.4 is 5.32 Å². The smallest absolute Gasteiger partial charge is 0.223 e. The molecule has 1 amide bonds. The van der Waals surface area contributed by atoms with E-state index in [2.05, 4.69) is 26.4 Å². The van der Waals surface area contributed by atoms with Crippen LogP contribution in [0.1, 0.15) is 43.5 Å². The summed E-state index contributed by atoms with van der Waals surface area (Å²) in [5, 5.41) is 7.85. The van der Waals surface area contributed by atoms with Crippen LogP contribution >= 0.6 is 0 Å². The van der Waals surface area contributed by atoms with Gasteiger partial charge >= 0.3 is 0 Å². The zero-order chi connectivity index (χ0) is 17.1. The third kappa shape index (κ3) is 3.81. The van der Waals surface area contributed by atoms with Gasteiger partial charge in [0.15, 0.2) is 0 Å². The van der Waals surface area contributed by atoms with E-state index in [4.69, 9.17) is 0 Å². The van der Waals surface area contributed by atoms with E-state index in [1.807, 2.05) is 9.58 Å². The van der Waals surface area contributed by atoms with Gasteiger partial charge in [0.1, 0.15) is 5.82 Å². The number of aromatic nitrogens is 4. The molecular formula is C18H24N6O. The Balaban J connectivity index is 1.34. The molecule has 7 heteroatoms. The molecule has 2 aromatic rings. The van der Waals surface area contributed by atoms with Crippen molar-refractivity contribution < 1.29 is 4.79 Å². The standard InChI is InChI=1S/C18H24N6O/c25-18(9-14-3-1-2-4-14)23-7-8-24-16(13-23)10-15(22-24)11-21-17-12-19-5-6-20-17/h5-6,10,12,14H,1-4,7-9,11,13H2,(H,20,21). The lowest BCUT2D eigenvalue weighted by atomic mass is 10.0. The Bertz CT molecular complexity index is 722. The van der Waals surface area contributed by atoms with E-state index in [-0.39, 0.29) is 0 Å². The fraction of sp³-hybridized carbons (Fsp3) is 0.556. The van der Waals surface area contributed by atoms with Crippen molar-refractivity contribution in [3.8, 4) is 0 Å². The van der Waals surface area contributed by atoms with Crippen LogP contribution in [0.25, 0.3) is 0 Å². The van der Waals surface area contributed by atoms with Crippen molar-refractivity contribution in [3.63, 3.8) is 0 Å². The summed E-state index contributed by atoms with van der Waals surface area (Å²) >= 11 is 0. The molecular weight excluding hydrogens is 316 g/mol. The predicted molar refractivity (Wildman–Crippen MR) is 93.6 cm³/mol. The minimum absolute atomic E-state index is 0.304. The van der Waals surface area contributed by atoms with Crippen LogP contribution in [0.3, 0.4) is 0 Å². The number of rotatable bonds is 5. The molecule has 132 valence electrons. The maximum atomic E-state index is 12.6. The summed E-state index contributed by atoms with van der Waals surface area (Å²) in [4.78, 5) is 22.8. The SMILES string of the molecule is O=C(CC1CCCC1)N1CCn2nc(CNc3cnccn3)cc2C1. The van der Waals surface area contributed by atoms with Crippen molar-refractivity contribution in [2.75, 3.05) is 11.9 Å². The predicted octanol–water partition coefficient (Wildman–Crippen LogP) is 2.21. The Hall–Kier alpha value is -2.44. The number of nitrogens with one attached hydrogen (secondary N) is 1. The van der Waals surface area contributed by atoms with E-state index in [9.17, 15) is 4.79 Å². The summed E-state index contributed by atoms with van der Waals surface area (Å²) in [7, 11) is 0. The van der Waals surface area contributed by atoms with Gasteiger partial charge in [0.25, 0.3) is 0 Å². The second-order valence-electron chi connectivity index (χ2n) is 6.96. The van der Waals surface area contributed by atoms with Gasteiger partial charge in [0, 0.05) is 25.4 Å². The highest BCUT2D eigenvalue weighted by Crippen LogP contribution is 2.28. The highest BCUT2D eigenvalue weighted by molar-refractivity contribution is 5.76. The molecule has 1 aliphatic carbocycles. The molecule has 0 aromatic carbocycles. The van der Waals surface area contributed by atoms with Crippen LogP contribution in [-0.2, 0) is 24.4 Å². The van der Waals surface area contributed by atoms with Crippen molar-refractivity contribution in [3.05, 3.63) is 36.0 Å². The quantitative estimate of drug-likeness (QED) is 0.903. The third-order valence-electron chi connectivity index (χ3n) is 5.15. The first-order valence-electron chi connectivity index (χ1n) is 9.11. The van der Waals surface area contributed by atoms with Crippen LogP contribution in [0.2, 0.25) is 0 Å². The second-order valence-corrected chi connectivity index (χ2v) is 6.96. The molecule has 0 atom stereocenters. The molecule has 0 saturated heterocycles. The number of fused-ring (bicyclic) bond motifs is 1. The van der Waals surface area contributed by atoms with E-state index in [1.165, 1.54) is 25.7 Å². The maximum absolute atomic E-state index is 12.6. The number of hydrogen-bond donors (Lipinski definition) is 1. The molecule has 0 radical (unpaired) electrons. The van der Waals surface area contributed by atoms with Crippen molar-refractivity contribution in [1.82, 2.24) is 24.6 Å². The molecule has 0 unspecified atom stereocenters. The number of anilines is 1. The average molecular weight is 340 g/mol. The summed E-state index contributed by atoms with van der Waals surface area (Å²) < 4.78 is 2.02. The largest absolute Gasteiger partial charge is 0.363 e. The Morgan fingerprint density at radius 1 is 1.24 bits per heavy atom. The van der Waals surface area contributed by atoms with Crippen LogP contribution in [0, 0.1) is 5.92 Å². The summed E-state index contributed by atoms with van der Waals surface area (Å²) in [6, 6.07) is 2.08. The lowest BCUT2D eigenvalue weighted by Gasteiger charge is -2.28. The highest BCUT2D eigenvalue weighted by atomic mass is 16.2. The minimum atomic E-state index is 0.304. The van der Waals surface area contributed by atoms with Gasteiger partial charge in [0.05, 0.1) is 37.2 Å². The van der Waals surface area contributed by atoms with Crippen molar-refractivity contribution >= 4 is 11.7 Å². The number of amides is 1. The van der Waals surface area contributed by atoms with Gasteiger partial charge in [-0.05, 0) is 24.8 Å². The highest BCUT2D eigenvalue weighted by Gasteiger charge is 2.25. The van der Waals surface area contributed by atoms with Crippen molar-refractivity contribution in [2.45, 2.75) is 51.7 Å². The molecule has 2 aromatic heterocycles. The van der Waals surface area contributed by atoms with E-state index in [1.54, 1.807) is 18.6 Å². The van der Waals surface area contributed by atoms with Gasteiger partial charge in [-0.15, -0.1) is 0 Å². The van der Waals surface area contributed by atoms with Gasteiger partial charge in [0.2, 0.25) is 5.91 Å². The zero-order valence-electron chi connectivity index (χ0n) is 14.4. The number of carbonyl (C=O) groups is 1. The maximum Gasteiger partial charge on any atom is 0.223 e. The Morgan fingerprint density at radius 2 is 2.12 bits per heavy atom. The van der Waals surface area contributed by atoms with Gasteiger partial charge in [-0.3, -0.25) is 14.5 Å². The average Bonchev–Trinajstić information content (AvgIpc) is 3.29. The fourth-order valence-electron chi connectivity index (χ4n) is 3.79. The monoisotopic (exact) mass is 340 g/mol. The van der Waals surface area contributed by atoms with E-state index < -0.39 is 0 Å². The summed E-state index contributed by atoms with van der Waals surface area (Å²) in [5.74, 6) is 1.64. The summed E-state index contributed by atoms with van der Waals surface area (Å²) in [6.45, 7) is 2.81. The number of hydrogen-bond acceptors (Lipinski definition) is 5. The summed E-state index contributed by atoms with van der Waals surface area (Å²) in [5.41, 5.74) is 2.08. The van der Waals surface area contributed by atoms with Crippen LogP contribution in [0.5, 0.6) is 0 Å². The lowest BCUT2D eigenvalue weighted by molar-refractivity contribution is -0.133. The van der Waals surface area contributed by atoms with Crippen LogP contribution in [0.15, 0.2) is 24.7 Å². The molecule has 1 N–H and O–H groups in total. The normalized spacial score (nSPS) is 17.5. The molecule has 1 fully saturated rings. The van der Waals surface area contributed by atoms with Crippen molar-refractivity contribution in [2.24, 2.45) is 5.92 Å². The van der Waals surface area contributed by atoms with Crippen LogP contribution in [0.4, 0.5) is 5.82 Å². The molecule has 1 aliphatic heterocycles. The molecule has 7 nitrogen and oxygen atoms in total. The van der Waals surface area contributed by atoms with Gasteiger partial charge in [-0.25, -0.2) is 4.98 Å². The number of nitrogens with zero attached hydrogens (tertiary/aromatic N) is 5. The Morgan fingerprint density at radius 3 is 2.92 bits per heavy atom. The van der Waals surface area contributed by atoms with Gasteiger partial charge in [-0.2, -0.15) is 5.10 Å². The molecule has 0 spiro atoms. The minimum Gasteiger partial charge on any atom is -0.363 e. The van der Waals surface area contributed by atoms with Gasteiger partial charge in [-0.1, -0.05) is 12.8 Å². The first-order valence-corrected chi connectivity index (χ1v) is 9.11. The van der Waals surface area contributed by atoms with Crippen LogP contribution in [-0.4, -0.2) is 37.1 Å². The third-order valence-corrected chi connectivity index (χ3v) is 5.15.